The minimum atomic E-state index is -3.90. The van der Waals surface area contributed by atoms with Gasteiger partial charge in [-0.15, -0.1) is 11.3 Å². The van der Waals surface area contributed by atoms with E-state index in [2.05, 4.69) is 10.0 Å². The number of para-hydroxylation sites is 1. The van der Waals surface area contributed by atoms with Gasteiger partial charge in [-0.3, -0.25) is 9.59 Å². The Hall–Kier alpha value is -2.66. The van der Waals surface area contributed by atoms with Crippen LogP contribution in [-0.4, -0.2) is 68.3 Å². The van der Waals surface area contributed by atoms with Gasteiger partial charge in [0, 0.05) is 41.1 Å². The fourth-order valence-electron chi connectivity index (χ4n) is 4.99. The van der Waals surface area contributed by atoms with E-state index < -0.39 is 16.1 Å². The molecule has 2 saturated heterocycles. The summed E-state index contributed by atoms with van der Waals surface area (Å²) in [5.41, 5.74) is 1.00. The fraction of sp³-hybridized carbons (Fsp3) is 0.385. The van der Waals surface area contributed by atoms with Crippen molar-refractivity contribution in [2.75, 3.05) is 31.5 Å². The quantitative estimate of drug-likeness (QED) is 0.435. The predicted octanol–water partition coefficient (Wildman–Crippen LogP) is 3.93. The number of likely N-dealkylation sites (tertiary alicyclic amines) is 2. The van der Waals surface area contributed by atoms with E-state index in [0.717, 1.165) is 40.0 Å². The van der Waals surface area contributed by atoms with Crippen molar-refractivity contribution in [3.8, 4) is 0 Å². The van der Waals surface area contributed by atoms with Gasteiger partial charge in [0.2, 0.25) is 11.8 Å². The number of amides is 2. The number of halogens is 1. The zero-order valence-electron chi connectivity index (χ0n) is 20.2. The molecule has 2 N–H and O–H groups in total. The number of anilines is 1. The Kier molecular flexibility index (Phi) is 7.71. The summed E-state index contributed by atoms with van der Waals surface area (Å²) >= 11 is 7.15. The van der Waals surface area contributed by atoms with E-state index in [1.807, 2.05) is 35.2 Å². The summed E-state index contributed by atoms with van der Waals surface area (Å²) in [7, 11) is -3.90. The molecule has 2 atom stereocenters. The average molecular weight is 561 g/mol. The van der Waals surface area contributed by atoms with Crippen LogP contribution in [0.1, 0.15) is 25.7 Å². The average Bonchev–Trinajstić information content (AvgIpc) is 3.53. The number of carbonyl (C=O) groups excluding carboxylic acids is 2. The van der Waals surface area contributed by atoms with Crippen molar-refractivity contribution in [3.05, 3.63) is 59.6 Å². The number of rotatable bonds is 8. The monoisotopic (exact) mass is 560 g/mol. The van der Waals surface area contributed by atoms with E-state index in [1.165, 1.54) is 4.90 Å². The number of carbonyl (C=O) groups is 2. The molecule has 0 radical (unpaired) electrons. The molecule has 2 aromatic carbocycles. The lowest BCUT2D eigenvalue weighted by atomic mass is 10.1. The van der Waals surface area contributed by atoms with Gasteiger partial charge in [-0.1, -0.05) is 35.9 Å². The summed E-state index contributed by atoms with van der Waals surface area (Å²) in [5, 5.41) is 4.70. The Morgan fingerprint density at radius 3 is 2.65 bits per heavy atom. The topological polar surface area (TPSA) is 98.8 Å². The molecule has 0 saturated carbocycles. The SMILES string of the molecule is O=C1[C@@H](NS(=O)(=O)c2cc3ccc(Cl)cc3s2)CCCN1CC(=O)N1CCC[C@H]1CNc1ccccc1. The first-order valence-corrected chi connectivity index (χ1v) is 15.1. The zero-order chi connectivity index (χ0) is 26.0. The summed E-state index contributed by atoms with van der Waals surface area (Å²) in [4.78, 5) is 29.7. The standard InChI is InChI=1S/C26H29ClN4O4S2/c27-19-11-10-18-14-25(36-23(18)15-19)37(34,35)29-22-9-5-12-30(26(22)33)17-24(32)31-13-4-8-21(31)16-28-20-6-2-1-3-7-20/h1-3,6-7,10-11,14-15,21-22,28-29H,4-5,8-9,12-13,16-17H2/t21-,22-/m0/s1. The van der Waals surface area contributed by atoms with Crippen LogP contribution < -0.4 is 10.0 Å². The number of fused-ring (bicyclic) bond motifs is 1. The molecule has 2 fully saturated rings. The number of hydrogen-bond acceptors (Lipinski definition) is 6. The molecule has 0 aliphatic carbocycles. The molecule has 196 valence electrons. The highest BCUT2D eigenvalue weighted by atomic mass is 35.5. The number of nitrogens with one attached hydrogen (secondary N) is 2. The lowest BCUT2D eigenvalue weighted by molar-refractivity contribution is -0.143. The fourth-order valence-corrected chi connectivity index (χ4v) is 7.90. The predicted molar refractivity (Wildman–Crippen MR) is 146 cm³/mol. The highest BCUT2D eigenvalue weighted by Crippen LogP contribution is 2.31. The van der Waals surface area contributed by atoms with Crippen molar-refractivity contribution >= 4 is 60.5 Å². The van der Waals surface area contributed by atoms with Crippen molar-refractivity contribution < 1.29 is 18.0 Å². The Morgan fingerprint density at radius 1 is 1.05 bits per heavy atom. The highest BCUT2D eigenvalue weighted by molar-refractivity contribution is 7.91. The highest BCUT2D eigenvalue weighted by Gasteiger charge is 2.36. The van der Waals surface area contributed by atoms with Gasteiger partial charge in [0.05, 0.1) is 6.54 Å². The van der Waals surface area contributed by atoms with Crippen LogP contribution in [0.25, 0.3) is 10.1 Å². The maximum Gasteiger partial charge on any atom is 0.250 e. The van der Waals surface area contributed by atoms with E-state index in [1.54, 1.807) is 24.3 Å². The number of thiophene rings is 1. The van der Waals surface area contributed by atoms with Crippen LogP contribution in [0.4, 0.5) is 5.69 Å². The molecule has 2 aliphatic heterocycles. The first-order valence-electron chi connectivity index (χ1n) is 12.4. The summed E-state index contributed by atoms with van der Waals surface area (Å²) in [6.45, 7) is 1.70. The molecule has 0 spiro atoms. The smallest absolute Gasteiger partial charge is 0.250 e. The van der Waals surface area contributed by atoms with Crippen molar-refractivity contribution in [1.29, 1.82) is 0 Å². The molecular weight excluding hydrogens is 532 g/mol. The Labute approximate surface area is 225 Å². The van der Waals surface area contributed by atoms with Gasteiger partial charge >= 0.3 is 0 Å². The van der Waals surface area contributed by atoms with Crippen LogP contribution in [0.5, 0.6) is 0 Å². The third-order valence-electron chi connectivity index (χ3n) is 6.89. The van der Waals surface area contributed by atoms with Crippen molar-refractivity contribution in [1.82, 2.24) is 14.5 Å². The van der Waals surface area contributed by atoms with Gasteiger partial charge in [0.15, 0.2) is 0 Å². The summed E-state index contributed by atoms with van der Waals surface area (Å²) < 4.78 is 29.6. The van der Waals surface area contributed by atoms with Crippen molar-refractivity contribution in [2.45, 2.75) is 42.0 Å². The second kappa shape index (κ2) is 11.0. The van der Waals surface area contributed by atoms with E-state index >= 15 is 0 Å². The lowest BCUT2D eigenvalue weighted by Crippen LogP contribution is -2.55. The van der Waals surface area contributed by atoms with Gasteiger partial charge < -0.3 is 15.1 Å². The second-order valence-electron chi connectivity index (χ2n) is 9.45. The van der Waals surface area contributed by atoms with E-state index in [-0.39, 0.29) is 28.6 Å². The molecule has 2 amide bonds. The largest absolute Gasteiger partial charge is 0.383 e. The normalized spacial score (nSPS) is 20.5. The minimum Gasteiger partial charge on any atom is -0.383 e. The van der Waals surface area contributed by atoms with Crippen LogP contribution >= 0.6 is 22.9 Å². The molecule has 1 aromatic heterocycles. The number of benzene rings is 2. The zero-order valence-corrected chi connectivity index (χ0v) is 22.6. The third-order valence-corrected chi connectivity index (χ3v) is 10.2. The molecule has 0 unspecified atom stereocenters. The molecule has 37 heavy (non-hydrogen) atoms. The van der Waals surface area contributed by atoms with E-state index in [9.17, 15) is 18.0 Å². The summed E-state index contributed by atoms with van der Waals surface area (Å²) in [6, 6.07) is 15.8. The molecular formula is C26H29ClN4O4S2. The van der Waals surface area contributed by atoms with Gasteiger partial charge in [0.1, 0.15) is 10.3 Å². The number of hydrogen-bond donors (Lipinski definition) is 2. The Morgan fingerprint density at radius 2 is 1.84 bits per heavy atom. The number of nitrogens with zero attached hydrogens (tertiary/aromatic N) is 2. The third kappa shape index (κ3) is 5.93. The molecule has 0 bridgehead atoms. The lowest BCUT2D eigenvalue weighted by Gasteiger charge is -2.34. The van der Waals surface area contributed by atoms with Crippen LogP contribution in [0.15, 0.2) is 58.8 Å². The first-order chi connectivity index (χ1) is 17.8. The van der Waals surface area contributed by atoms with Gasteiger partial charge in [-0.05, 0) is 61.4 Å². The molecule has 11 heteroatoms. The minimum absolute atomic E-state index is 0.0414. The number of sulfonamides is 1. The number of piperidine rings is 1. The van der Waals surface area contributed by atoms with Crippen LogP contribution in [0.2, 0.25) is 5.02 Å². The van der Waals surface area contributed by atoms with E-state index in [4.69, 9.17) is 11.6 Å². The Bertz CT molecular complexity index is 1400. The molecule has 2 aliphatic rings. The van der Waals surface area contributed by atoms with Crippen LogP contribution in [-0.2, 0) is 19.6 Å². The van der Waals surface area contributed by atoms with Gasteiger partial charge in [-0.25, -0.2) is 8.42 Å². The molecule has 3 aromatic rings. The molecule has 8 nitrogen and oxygen atoms in total. The van der Waals surface area contributed by atoms with Crippen molar-refractivity contribution in [2.24, 2.45) is 0 Å². The maximum atomic E-state index is 13.2. The molecule has 5 rings (SSSR count). The Balaban J connectivity index is 1.21. The van der Waals surface area contributed by atoms with Gasteiger partial charge in [-0.2, -0.15) is 4.72 Å². The van der Waals surface area contributed by atoms with Crippen LogP contribution in [0, 0.1) is 0 Å². The van der Waals surface area contributed by atoms with Gasteiger partial charge in [0.25, 0.3) is 10.0 Å². The van der Waals surface area contributed by atoms with E-state index in [0.29, 0.717) is 37.5 Å². The summed E-state index contributed by atoms with van der Waals surface area (Å²) in [5.74, 6) is -0.457. The van der Waals surface area contributed by atoms with Crippen LogP contribution in [0.3, 0.4) is 0 Å². The maximum absolute atomic E-state index is 13.2. The second-order valence-corrected chi connectivity index (χ2v) is 12.9. The first kappa shape index (κ1) is 26.0. The molecule has 3 heterocycles. The summed E-state index contributed by atoms with van der Waals surface area (Å²) in [6.07, 6.45) is 2.84. The van der Waals surface area contributed by atoms with Crippen molar-refractivity contribution in [3.63, 3.8) is 0 Å².